The number of hydrogen-bond acceptors (Lipinski definition) is 6. The quantitative estimate of drug-likeness (QED) is 0.833. The van der Waals surface area contributed by atoms with Crippen LogP contribution < -0.4 is 9.46 Å². The van der Waals surface area contributed by atoms with E-state index in [0.29, 0.717) is 16.4 Å². The molecule has 0 saturated carbocycles. The van der Waals surface area contributed by atoms with E-state index in [1.54, 1.807) is 0 Å². The Morgan fingerprint density at radius 1 is 1.32 bits per heavy atom. The summed E-state index contributed by atoms with van der Waals surface area (Å²) in [7, 11) is -0.804. The fourth-order valence-corrected chi connectivity index (χ4v) is 3.95. The van der Waals surface area contributed by atoms with Crippen LogP contribution in [0.4, 0.5) is 9.39 Å². The van der Waals surface area contributed by atoms with Crippen molar-refractivity contribution >= 4 is 26.6 Å². The third-order valence-corrected chi connectivity index (χ3v) is 4.94. The molecule has 1 unspecified atom stereocenters. The van der Waals surface area contributed by atoms with Gasteiger partial charge >= 0.3 is 0 Å². The van der Waals surface area contributed by atoms with Crippen LogP contribution in [-0.2, 0) is 14.8 Å². The highest BCUT2D eigenvalue weighted by atomic mass is 32.2. The molecule has 2 aromatic rings. The number of hydrogen-bond donors (Lipinski definition) is 1. The summed E-state index contributed by atoms with van der Waals surface area (Å²) in [4.78, 5) is 0. The molecule has 1 atom stereocenters. The van der Waals surface area contributed by atoms with Gasteiger partial charge in [-0.3, -0.25) is 4.72 Å². The average molecular weight is 346 g/mol. The molecular formula is C13H15FN2O4S2. The highest BCUT2D eigenvalue weighted by Crippen LogP contribution is 2.25. The molecule has 0 spiro atoms. The maximum Gasteiger partial charge on any atom is 0.236 e. The van der Waals surface area contributed by atoms with Crippen molar-refractivity contribution in [1.29, 1.82) is 0 Å². The summed E-state index contributed by atoms with van der Waals surface area (Å²) in [6, 6.07) is 7.00. The van der Waals surface area contributed by atoms with E-state index in [-0.39, 0.29) is 5.75 Å². The van der Waals surface area contributed by atoms with Gasteiger partial charge in [0.1, 0.15) is 10.8 Å². The second-order valence-electron chi connectivity index (χ2n) is 4.39. The molecule has 0 aliphatic carbocycles. The molecular weight excluding hydrogens is 331 g/mol. The number of sulfonamides is 1. The molecule has 0 radical (unpaired) electrons. The van der Waals surface area contributed by atoms with Crippen molar-refractivity contribution in [2.75, 3.05) is 24.7 Å². The fourth-order valence-electron chi connectivity index (χ4n) is 1.78. The van der Waals surface area contributed by atoms with Gasteiger partial charge in [0, 0.05) is 13.2 Å². The summed E-state index contributed by atoms with van der Waals surface area (Å²) >= 11 is 0.978. The topological polar surface area (TPSA) is 77.5 Å². The summed E-state index contributed by atoms with van der Waals surface area (Å²) in [5.74, 6) is -0.351. The Morgan fingerprint density at radius 2 is 2.00 bits per heavy atom. The molecule has 0 fully saturated rings. The predicted octanol–water partition coefficient (Wildman–Crippen LogP) is 2.42. The smallest absolute Gasteiger partial charge is 0.236 e. The van der Waals surface area contributed by atoms with Gasteiger partial charge in [-0.2, -0.15) is 4.37 Å². The third-order valence-electron chi connectivity index (χ3n) is 2.85. The zero-order valence-electron chi connectivity index (χ0n) is 11.9. The minimum Gasteiger partial charge on any atom is -0.480 e. The van der Waals surface area contributed by atoms with Gasteiger partial charge in [-0.1, -0.05) is 12.1 Å². The molecule has 1 aromatic carbocycles. The molecule has 9 heteroatoms. The SMILES string of the molecule is COc1cc(NS(=O)(=O)CC(OC)c2ccc(F)cc2)sn1. The van der Waals surface area contributed by atoms with Crippen LogP contribution in [0.3, 0.4) is 0 Å². The lowest BCUT2D eigenvalue weighted by Crippen LogP contribution is -2.22. The van der Waals surface area contributed by atoms with Crippen molar-refractivity contribution in [3.63, 3.8) is 0 Å². The second kappa shape index (κ2) is 7.03. The van der Waals surface area contributed by atoms with E-state index in [2.05, 4.69) is 9.10 Å². The van der Waals surface area contributed by atoms with E-state index in [0.717, 1.165) is 11.5 Å². The van der Waals surface area contributed by atoms with Crippen LogP contribution in [-0.4, -0.2) is 32.8 Å². The number of anilines is 1. The van der Waals surface area contributed by atoms with Crippen molar-refractivity contribution in [3.8, 4) is 5.88 Å². The first-order valence-corrected chi connectivity index (χ1v) is 8.65. The van der Waals surface area contributed by atoms with Crippen molar-refractivity contribution in [1.82, 2.24) is 4.37 Å². The van der Waals surface area contributed by atoms with Crippen molar-refractivity contribution in [2.24, 2.45) is 0 Å². The molecule has 0 saturated heterocycles. The minimum absolute atomic E-state index is 0.296. The number of methoxy groups -OCH3 is 2. The van der Waals surface area contributed by atoms with Crippen LogP contribution in [0.2, 0.25) is 0 Å². The van der Waals surface area contributed by atoms with E-state index in [1.165, 1.54) is 44.6 Å². The molecule has 0 bridgehead atoms. The van der Waals surface area contributed by atoms with E-state index in [9.17, 15) is 12.8 Å². The zero-order chi connectivity index (χ0) is 16.2. The number of aromatic nitrogens is 1. The molecule has 0 amide bonds. The van der Waals surface area contributed by atoms with Crippen molar-refractivity contribution in [2.45, 2.75) is 6.10 Å². The Balaban J connectivity index is 2.10. The monoisotopic (exact) mass is 346 g/mol. The van der Waals surface area contributed by atoms with E-state index in [4.69, 9.17) is 9.47 Å². The van der Waals surface area contributed by atoms with Gasteiger partial charge in [0.15, 0.2) is 0 Å². The van der Waals surface area contributed by atoms with Gasteiger partial charge in [-0.05, 0) is 29.2 Å². The van der Waals surface area contributed by atoms with Gasteiger partial charge in [-0.15, -0.1) is 0 Å². The van der Waals surface area contributed by atoms with E-state index < -0.39 is 21.9 Å². The van der Waals surface area contributed by atoms with Crippen LogP contribution in [0, 0.1) is 5.82 Å². The number of halogens is 1. The summed E-state index contributed by atoms with van der Waals surface area (Å²) in [5, 5.41) is 0.353. The Morgan fingerprint density at radius 3 is 2.55 bits per heavy atom. The third kappa shape index (κ3) is 4.39. The van der Waals surface area contributed by atoms with Crippen molar-refractivity contribution in [3.05, 3.63) is 41.7 Å². The average Bonchev–Trinajstić information content (AvgIpc) is 2.92. The number of nitrogens with one attached hydrogen (secondary N) is 1. The molecule has 1 N–H and O–H groups in total. The van der Waals surface area contributed by atoms with Gasteiger partial charge in [0.25, 0.3) is 0 Å². The predicted molar refractivity (Wildman–Crippen MR) is 82.2 cm³/mol. The molecule has 1 aromatic heterocycles. The van der Waals surface area contributed by atoms with Crippen LogP contribution in [0.15, 0.2) is 30.3 Å². The van der Waals surface area contributed by atoms with Crippen LogP contribution >= 0.6 is 11.5 Å². The van der Waals surface area contributed by atoms with Gasteiger partial charge in [-0.25, -0.2) is 12.8 Å². The Labute approximate surface area is 132 Å². The molecule has 22 heavy (non-hydrogen) atoms. The molecule has 6 nitrogen and oxygen atoms in total. The lowest BCUT2D eigenvalue weighted by Gasteiger charge is -2.16. The summed E-state index contributed by atoms with van der Waals surface area (Å²) in [6.45, 7) is 0. The molecule has 120 valence electrons. The number of ether oxygens (including phenoxy) is 2. The Kier molecular flexibility index (Phi) is 5.33. The maximum atomic E-state index is 12.9. The first-order valence-electron chi connectivity index (χ1n) is 6.23. The molecule has 1 heterocycles. The number of nitrogens with zero attached hydrogens (tertiary/aromatic N) is 1. The first-order chi connectivity index (χ1) is 10.4. The standard InChI is InChI=1S/C13H15FN2O4S2/c1-19-11(9-3-5-10(14)6-4-9)8-22(17,18)16-13-7-12(20-2)15-21-13/h3-7,11,16H,8H2,1-2H3. The lowest BCUT2D eigenvalue weighted by atomic mass is 10.1. The molecule has 0 aliphatic rings. The Hall–Kier alpha value is -1.71. The summed E-state index contributed by atoms with van der Waals surface area (Å²) in [5.41, 5.74) is 0.580. The van der Waals surface area contributed by atoms with Crippen molar-refractivity contribution < 1.29 is 22.3 Å². The fraction of sp³-hybridized carbons (Fsp3) is 0.308. The van der Waals surface area contributed by atoms with E-state index in [1.807, 2.05) is 0 Å². The summed E-state index contributed by atoms with van der Waals surface area (Å²) < 4.78 is 53.7. The number of benzene rings is 1. The van der Waals surface area contributed by atoms with E-state index >= 15 is 0 Å². The summed E-state index contributed by atoms with van der Waals surface area (Å²) in [6.07, 6.45) is -0.701. The zero-order valence-corrected chi connectivity index (χ0v) is 13.6. The molecule has 2 rings (SSSR count). The van der Waals surface area contributed by atoms with Gasteiger partial charge < -0.3 is 9.47 Å². The van der Waals surface area contributed by atoms with Crippen LogP contribution in [0.25, 0.3) is 0 Å². The van der Waals surface area contributed by atoms with Gasteiger partial charge in [0.2, 0.25) is 15.9 Å². The number of rotatable bonds is 7. The van der Waals surface area contributed by atoms with Crippen LogP contribution in [0.5, 0.6) is 5.88 Å². The van der Waals surface area contributed by atoms with Crippen LogP contribution in [0.1, 0.15) is 11.7 Å². The highest BCUT2D eigenvalue weighted by Gasteiger charge is 2.21. The largest absolute Gasteiger partial charge is 0.480 e. The second-order valence-corrected chi connectivity index (χ2v) is 6.96. The first kappa shape index (κ1) is 16.7. The van der Waals surface area contributed by atoms with Gasteiger partial charge in [0.05, 0.1) is 19.0 Å². The highest BCUT2D eigenvalue weighted by molar-refractivity contribution is 7.92. The lowest BCUT2D eigenvalue weighted by molar-refractivity contribution is 0.122. The Bertz CT molecular complexity index is 716. The maximum absolute atomic E-state index is 12.9. The normalized spacial score (nSPS) is 12.9. The minimum atomic E-state index is -3.65. The molecule has 0 aliphatic heterocycles.